The number of rotatable bonds is 31. The van der Waals surface area contributed by atoms with E-state index >= 15 is 0 Å². The highest BCUT2D eigenvalue weighted by molar-refractivity contribution is 9.09. The summed E-state index contributed by atoms with van der Waals surface area (Å²) < 4.78 is 38.2. The molecule has 0 radical (unpaired) electrons. The van der Waals surface area contributed by atoms with Crippen molar-refractivity contribution in [1.29, 1.82) is 0 Å². The molecule has 0 unspecified atom stereocenters. The summed E-state index contributed by atoms with van der Waals surface area (Å²) in [5, 5.41) is 0.851. The molecule has 7 nitrogen and oxygen atoms in total. The molecule has 0 spiro atoms. The van der Waals surface area contributed by atoms with Crippen LogP contribution in [0, 0.1) is 0 Å². The van der Waals surface area contributed by atoms with Crippen LogP contribution in [0.5, 0.6) is 0 Å². The van der Waals surface area contributed by atoms with Crippen LogP contribution < -0.4 is 0 Å². The van der Waals surface area contributed by atoms with Crippen LogP contribution in [-0.2, 0) is 33.2 Å². The van der Waals surface area contributed by atoms with Crippen molar-refractivity contribution in [3.63, 3.8) is 0 Å². The summed E-state index contributed by atoms with van der Waals surface area (Å²) in [6.07, 6.45) is 13.5. The Morgan fingerprint density at radius 2 is 0.588 bits per heavy atom. The number of ether oxygens (including phenoxy) is 7. The zero-order valence-electron chi connectivity index (χ0n) is 21.9. The fraction of sp³-hybridized carbons (Fsp3) is 1.00. The Bertz CT molecular complexity index is 319. The molecule has 0 aromatic rings. The van der Waals surface area contributed by atoms with Crippen molar-refractivity contribution in [2.75, 3.05) is 97.8 Å². The van der Waals surface area contributed by atoms with Crippen LogP contribution in [0.25, 0.3) is 0 Å². The molecule has 206 valence electrons. The molecule has 34 heavy (non-hydrogen) atoms. The smallest absolute Gasteiger partial charge is 0.0701 e. The largest absolute Gasteiger partial charge is 0.379 e. The molecule has 0 atom stereocenters. The molecule has 0 aromatic heterocycles. The fourth-order valence-corrected chi connectivity index (χ4v) is 3.40. The minimum atomic E-state index is 0.560. The van der Waals surface area contributed by atoms with E-state index < -0.39 is 0 Å². The van der Waals surface area contributed by atoms with Crippen LogP contribution in [-0.4, -0.2) is 97.8 Å². The second kappa shape index (κ2) is 33.2. The maximum atomic E-state index is 5.63. The van der Waals surface area contributed by atoms with E-state index in [0.29, 0.717) is 85.9 Å². The quantitative estimate of drug-likeness (QED) is 0.0834. The molecule has 8 heteroatoms. The molecule has 0 fully saturated rings. The standard InChI is InChI=1S/C26H53BrO7/c1-2-3-4-5-6-7-8-9-10-11-13-28-15-17-30-19-21-32-23-25-34-26-24-33-22-20-31-18-16-29-14-12-27/h2-26H2,1H3. The molecule has 0 heterocycles. The highest BCUT2D eigenvalue weighted by Crippen LogP contribution is 2.10. The van der Waals surface area contributed by atoms with Crippen molar-refractivity contribution in [2.24, 2.45) is 0 Å². The third-order valence-corrected chi connectivity index (χ3v) is 5.42. The Hall–Kier alpha value is 0.200. The van der Waals surface area contributed by atoms with Gasteiger partial charge in [-0.05, 0) is 6.42 Å². The van der Waals surface area contributed by atoms with Gasteiger partial charge in [0.2, 0.25) is 0 Å². The zero-order chi connectivity index (χ0) is 24.6. The summed E-state index contributed by atoms with van der Waals surface area (Å²) in [7, 11) is 0. The summed E-state index contributed by atoms with van der Waals surface area (Å²) in [5.74, 6) is 0. The number of hydrogen-bond acceptors (Lipinski definition) is 7. The molecule has 0 saturated heterocycles. The van der Waals surface area contributed by atoms with Gasteiger partial charge in [-0.2, -0.15) is 0 Å². The number of unbranched alkanes of at least 4 members (excludes halogenated alkanes) is 9. The maximum Gasteiger partial charge on any atom is 0.0701 e. The Kier molecular flexibility index (Phi) is 33.4. The van der Waals surface area contributed by atoms with Gasteiger partial charge in [0.05, 0.1) is 85.9 Å². The molecule has 0 saturated carbocycles. The van der Waals surface area contributed by atoms with Crippen molar-refractivity contribution in [2.45, 2.75) is 71.1 Å². The number of halogens is 1. The van der Waals surface area contributed by atoms with Gasteiger partial charge in [0, 0.05) is 11.9 Å². The topological polar surface area (TPSA) is 64.6 Å². The minimum absolute atomic E-state index is 0.560. The van der Waals surface area contributed by atoms with Gasteiger partial charge in [0.15, 0.2) is 0 Å². The van der Waals surface area contributed by atoms with E-state index in [1.54, 1.807) is 0 Å². The van der Waals surface area contributed by atoms with Crippen molar-refractivity contribution in [3.05, 3.63) is 0 Å². The first-order valence-electron chi connectivity index (χ1n) is 13.5. The van der Waals surface area contributed by atoms with Crippen molar-refractivity contribution < 1.29 is 33.2 Å². The fourth-order valence-electron chi connectivity index (χ4n) is 3.17. The lowest BCUT2D eigenvalue weighted by molar-refractivity contribution is -0.0201. The van der Waals surface area contributed by atoms with Gasteiger partial charge in [-0.25, -0.2) is 0 Å². The van der Waals surface area contributed by atoms with E-state index in [9.17, 15) is 0 Å². The van der Waals surface area contributed by atoms with Crippen LogP contribution in [0.1, 0.15) is 71.1 Å². The molecule has 0 aromatic carbocycles. The molecular weight excluding hydrogens is 504 g/mol. The molecule has 0 N–H and O–H groups in total. The predicted octanol–water partition coefficient (Wildman–Crippen LogP) is 5.42. The molecule has 0 bridgehead atoms. The second-order valence-electron chi connectivity index (χ2n) is 8.16. The van der Waals surface area contributed by atoms with Gasteiger partial charge in [0.1, 0.15) is 0 Å². The zero-order valence-corrected chi connectivity index (χ0v) is 23.5. The van der Waals surface area contributed by atoms with Gasteiger partial charge in [-0.15, -0.1) is 0 Å². The van der Waals surface area contributed by atoms with Crippen molar-refractivity contribution >= 4 is 15.9 Å². The molecule has 0 aliphatic rings. The normalized spacial score (nSPS) is 11.5. The van der Waals surface area contributed by atoms with E-state index in [0.717, 1.165) is 18.4 Å². The third-order valence-electron chi connectivity index (χ3n) is 5.10. The van der Waals surface area contributed by atoms with E-state index in [1.807, 2.05) is 0 Å². The van der Waals surface area contributed by atoms with Crippen LogP contribution >= 0.6 is 15.9 Å². The first-order chi connectivity index (χ1) is 16.9. The summed E-state index contributed by atoms with van der Waals surface area (Å²) in [6.45, 7) is 10.9. The van der Waals surface area contributed by atoms with Crippen LogP contribution in [0.4, 0.5) is 0 Å². The Morgan fingerprint density at radius 1 is 0.324 bits per heavy atom. The Morgan fingerprint density at radius 3 is 0.912 bits per heavy atom. The molecule has 0 aliphatic heterocycles. The highest BCUT2D eigenvalue weighted by atomic mass is 79.9. The molecule has 0 amide bonds. The van der Waals surface area contributed by atoms with Gasteiger partial charge < -0.3 is 33.2 Å². The van der Waals surface area contributed by atoms with Crippen molar-refractivity contribution in [3.8, 4) is 0 Å². The van der Waals surface area contributed by atoms with Crippen molar-refractivity contribution in [1.82, 2.24) is 0 Å². The lowest BCUT2D eigenvalue weighted by Gasteiger charge is -2.08. The Labute approximate surface area is 218 Å². The summed E-state index contributed by atoms with van der Waals surface area (Å²) in [4.78, 5) is 0. The van der Waals surface area contributed by atoms with Crippen LogP contribution in [0.3, 0.4) is 0 Å². The molecule has 0 aliphatic carbocycles. The van der Waals surface area contributed by atoms with Crippen LogP contribution in [0.15, 0.2) is 0 Å². The molecule has 0 rings (SSSR count). The maximum absolute atomic E-state index is 5.63. The number of alkyl halides is 1. The van der Waals surface area contributed by atoms with E-state index in [4.69, 9.17) is 33.2 Å². The van der Waals surface area contributed by atoms with Gasteiger partial charge >= 0.3 is 0 Å². The summed E-state index contributed by atoms with van der Waals surface area (Å²) >= 11 is 3.30. The minimum Gasteiger partial charge on any atom is -0.379 e. The van der Waals surface area contributed by atoms with E-state index in [1.165, 1.54) is 57.8 Å². The SMILES string of the molecule is CCCCCCCCCCCCOCCOCCOCCOCCOCCOCCOCCBr. The third kappa shape index (κ3) is 32.2. The van der Waals surface area contributed by atoms with E-state index in [2.05, 4.69) is 22.9 Å². The van der Waals surface area contributed by atoms with Gasteiger partial charge in [-0.3, -0.25) is 0 Å². The average Bonchev–Trinajstić information content (AvgIpc) is 2.85. The highest BCUT2D eigenvalue weighted by Gasteiger charge is 1.96. The van der Waals surface area contributed by atoms with E-state index in [-0.39, 0.29) is 0 Å². The first-order valence-corrected chi connectivity index (χ1v) is 14.6. The second-order valence-corrected chi connectivity index (χ2v) is 8.95. The monoisotopic (exact) mass is 556 g/mol. The Balaban J connectivity index is 2.99. The lowest BCUT2D eigenvalue weighted by Crippen LogP contribution is -2.14. The average molecular weight is 558 g/mol. The lowest BCUT2D eigenvalue weighted by atomic mass is 10.1. The van der Waals surface area contributed by atoms with Crippen LogP contribution in [0.2, 0.25) is 0 Å². The summed E-state index contributed by atoms with van der Waals surface area (Å²) in [5.41, 5.74) is 0. The molecular formula is C26H53BrO7. The summed E-state index contributed by atoms with van der Waals surface area (Å²) in [6, 6.07) is 0. The first kappa shape index (κ1) is 34.2. The number of hydrogen-bond donors (Lipinski definition) is 0. The van der Waals surface area contributed by atoms with Gasteiger partial charge in [0.25, 0.3) is 0 Å². The van der Waals surface area contributed by atoms with Gasteiger partial charge in [-0.1, -0.05) is 80.6 Å². The predicted molar refractivity (Wildman–Crippen MR) is 141 cm³/mol.